The first-order chi connectivity index (χ1) is 17.5. The van der Waals surface area contributed by atoms with E-state index < -0.39 is 24.1 Å². The van der Waals surface area contributed by atoms with Crippen LogP contribution in [-0.2, 0) is 4.79 Å². The van der Waals surface area contributed by atoms with Crippen LogP contribution in [0.15, 0.2) is 42.5 Å². The van der Waals surface area contributed by atoms with Crippen LogP contribution >= 0.6 is 0 Å². The highest BCUT2D eigenvalue weighted by Gasteiger charge is 2.48. The van der Waals surface area contributed by atoms with Gasteiger partial charge in [-0.2, -0.15) is 13.2 Å². The summed E-state index contributed by atoms with van der Waals surface area (Å²) in [4.78, 5) is 14.8. The number of aliphatic carboxylic acids is 1. The number of halogens is 4. The lowest BCUT2D eigenvalue weighted by Gasteiger charge is -2.42. The largest absolute Gasteiger partial charge is 0.497 e. The average molecular weight is 525 g/mol. The van der Waals surface area contributed by atoms with Gasteiger partial charge < -0.3 is 24.4 Å². The summed E-state index contributed by atoms with van der Waals surface area (Å²) in [5.74, 6) is -1.70. The highest BCUT2D eigenvalue weighted by Crippen LogP contribution is 2.40. The van der Waals surface area contributed by atoms with Crippen molar-refractivity contribution in [1.82, 2.24) is 0 Å². The first-order valence-electron chi connectivity index (χ1n) is 12.4. The molecule has 0 bridgehead atoms. The maximum atomic E-state index is 14.5. The molecule has 0 amide bonds. The number of carboxylic acids is 1. The van der Waals surface area contributed by atoms with Gasteiger partial charge >= 0.3 is 12.1 Å². The number of anilines is 2. The third-order valence-corrected chi connectivity index (χ3v) is 7.36. The highest BCUT2D eigenvalue weighted by molar-refractivity contribution is 5.69. The van der Waals surface area contributed by atoms with Gasteiger partial charge in [-0.05, 0) is 42.8 Å². The van der Waals surface area contributed by atoms with E-state index in [0.29, 0.717) is 36.0 Å². The summed E-state index contributed by atoms with van der Waals surface area (Å²) in [7, 11) is 1.54. The Balaban J connectivity index is 1.44. The molecule has 2 heterocycles. The summed E-state index contributed by atoms with van der Waals surface area (Å²) in [5, 5.41) is 9.18. The minimum Gasteiger partial charge on any atom is -0.497 e. The molecule has 1 N–H and O–H groups in total. The molecular weight excluding hydrogens is 492 g/mol. The molecule has 202 valence electrons. The van der Waals surface area contributed by atoms with E-state index in [1.165, 1.54) is 18.1 Å². The molecule has 1 unspecified atom stereocenters. The van der Waals surface area contributed by atoms with Crippen molar-refractivity contribution < 1.29 is 36.9 Å². The lowest BCUT2D eigenvalue weighted by Crippen LogP contribution is -2.50. The molecule has 5 atom stereocenters. The Hall–Kier alpha value is -3.17. The lowest BCUT2D eigenvalue weighted by molar-refractivity contribution is -0.169. The van der Waals surface area contributed by atoms with Crippen molar-refractivity contribution in [2.45, 2.75) is 45.0 Å². The maximum absolute atomic E-state index is 14.5. The van der Waals surface area contributed by atoms with Crippen LogP contribution in [0.3, 0.4) is 0 Å². The third kappa shape index (κ3) is 6.05. The van der Waals surface area contributed by atoms with Gasteiger partial charge in [-0.1, -0.05) is 13.8 Å². The molecule has 2 aromatic carbocycles. The Morgan fingerprint density at radius 2 is 1.65 bits per heavy atom. The van der Waals surface area contributed by atoms with E-state index in [-0.39, 0.29) is 43.1 Å². The first kappa shape index (κ1) is 26.9. The summed E-state index contributed by atoms with van der Waals surface area (Å²) < 4.78 is 66.0. The first-order valence-corrected chi connectivity index (χ1v) is 12.4. The molecule has 10 heteroatoms. The maximum Gasteiger partial charge on any atom is 0.393 e. The third-order valence-electron chi connectivity index (χ3n) is 7.36. The molecule has 6 nitrogen and oxygen atoms in total. The summed E-state index contributed by atoms with van der Waals surface area (Å²) in [6.45, 7) is 4.98. The van der Waals surface area contributed by atoms with Gasteiger partial charge in [0.15, 0.2) is 0 Å². The van der Waals surface area contributed by atoms with Gasteiger partial charge in [-0.25, -0.2) is 4.39 Å². The number of carbonyl (C=O) groups is 1. The molecule has 2 aliphatic rings. The van der Waals surface area contributed by atoms with Crippen LogP contribution in [0.4, 0.5) is 28.9 Å². The number of piperidine rings is 1. The number of hydrogen-bond donors (Lipinski definition) is 1. The molecule has 4 rings (SSSR count). The topological polar surface area (TPSA) is 62.2 Å². The molecule has 0 aromatic heterocycles. The Bertz CT molecular complexity index is 1080. The summed E-state index contributed by atoms with van der Waals surface area (Å²) in [6.07, 6.45) is -5.11. The monoisotopic (exact) mass is 524 g/mol. The Morgan fingerprint density at radius 3 is 2.22 bits per heavy atom. The number of ether oxygens (including phenoxy) is 2. The van der Waals surface area contributed by atoms with Gasteiger partial charge in [0.25, 0.3) is 0 Å². The van der Waals surface area contributed by atoms with Gasteiger partial charge in [-0.3, -0.25) is 4.79 Å². The number of carboxylic acid groups (broad SMARTS) is 1. The van der Waals surface area contributed by atoms with Crippen LogP contribution < -0.4 is 19.3 Å². The molecule has 2 fully saturated rings. The zero-order chi connectivity index (χ0) is 26.9. The standard InChI is InChI=1S/C27H32F4N2O4/c1-16-13-32(24-12-22(36-3)8-9-23(24)28)14-17(2)26(16)37-21-6-4-19(5-7-21)33-15-18(27(29,30)31)10-20(33)11-25(34)35/h4-9,12,16-18,20,26H,10-11,13-15H2,1-3H3,(H,34,35)/t16-,17+,18-,20-,26?/m1/s1. The number of methoxy groups -OCH3 is 1. The SMILES string of the molecule is COc1ccc(F)c(N2C[C@@H](C)C(Oc3ccc(N4C[C@H](C(F)(F)F)C[C@@H]4CC(=O)O)cc3)[C@@H](C)C2)c1. The molecular formula is C27H32F4N2O4. The van der Waals surface area contributed by atoms with E-state index in [0.717, 1.165) is 0 Å². The molecule has 2 aromatic rings. The van der Waals surface area contributed by atoms with Crippen molar-refractivity contribution in [2.24, 2.45) is 17.8 Å². The molecule has 0 aliphatic carbocycles. The van der Waals surface area contributed by atoms with Crippen LogP contribution in [0.2, 0.25) is 0 Å². The number of rotatable bonds is 7. The summed E-state index contributed by atoms with van der Waals surface area (Å²) in [5.41, 5.74) is 1.02. The van der Waals surface area contributed by atoms with Crippen LogP contribution in [0.5, 0.6) is 11.5 Å². The van der Waals surface area contributed by atoms with Gasteiger partial charge in [0.05, 0.1) is 25.1 Å². The number of nitrogens with zero attached hydrogens (tertiary/aromatic N) is 2. The second-order valence-electron chi connectivity index (χ2n) is 10.1. The van der Waals surface area contributed by atoms with E-state index in [1.807, 2.05) is 18.7 Å². The van der Waals surface area contributed by atoms with Crippen LogP contribution in [0.25, 0.3) is 0 Å². The molecule has 0 radical (unpaired) electrons. The molecule has 2 aliphatic heterocycles. The van der Waals surface area contributed by atoms with Crippen molar-refractivity contribution in [1.29, 1.82) is 0 Å². The van der Waals surface area contributed by atoms with E-state index in [1.54, 1.807) is 36.4 Å². The van der Waals surface area contributed by atoms with Crippen molar-refractivity contribution in [3.05, 3.63) is 48.3 Å². The smallest absolute Gasteiger partial charge is 0.393 e. The molecule has 37 heavy (non-hydrogen) atoms. The van der Waals surface area contributed by atoms with Gasteiger partial charge in [0.1, 0.15) is 23.4 Å². The summed E-state index contributed by atoms with van der Waals surface area (Å²) >= 11 is 0. The molecule has 0 saturated carbocycles. The average Bonchev–Trinajstić information content (AvgIpc) is 3.25. The minimum atomic E-state index is -4.37. The minimum absolute atomic E-state index is 0.0695. The van der Waals surface area contributed by atoms with E-state index in [9.17, 15) is 27.5 Å². The Morgan fingerprint density at radius 1 is 1.03 bits per heavy atom. The van der Waals surface area contributed by atoms with Crippen molar-refractivity contribution in [3.8, 4) is 11.5 Å². The van der Waals surface area contributed by atoms with E-state index in [2.05, 4.69) is 0 Å². The van der Waals surface area contributed by atoms with E-state index >= 15 is 0 Å². The normalized spacial score (nSPS) is 26.3. The molecule has 0 spiro atoms. The number of hydrogen-bond acceptors (Lipinski definition) is 5. The van der Waals surface area contributed by atoms with E-state index in [4.69, 9.17) is 9.47 Å². The fraction of sp³-hybridized carbons (Fsp3) is 0.519. The Kier molecular flexibility index (Phi) is 7.75. The number of alkyl halides is 3. The van der Waals surface area contributed by atoms with Crippen molar-refractivity contribution >= 4 is 17.3 Å². The number of benzene rings is 2. The zero-order valence-electron chi connectivity index (χ0n) is 21.0. The fourth-order valence-corrected chi connectivity index (χ4v) is 5.57. The molecule has 2 saturated heterocycles. The zero-order valence-corrected chi connectivity index (χ0v) is 21.0. The Labute approximate surface area is 213 Å². The quantitative estimate of drug-likeness (QED) is 0.476. The fourth-order valence-electron chi connectivity index (χ4n) is 5.57. The predicted octanol–water partition coefficient (Wildman–Crippen LogP) is 5.61. The van der Waals surface area contributed by atoms with Crippen molar-refractivity contribution in [2.75, 3.05) is 36.5 Å². The van der Waals surface area contributed by atoms with Crippen molar-refractivity contribution in [3.63, 3.8) is 0 Å². The second-order valence-corrected chi connectivity index (χ2v) is 10.1. The summed E-state index contributed by atoms with van der Waals surface area (Å²) in [6, 6.07) is 10.7. The van der Waals surface area contributed by atoms with Gasteiger partial charge in [-0.15, -0.1) is 0 Å². The highest BCUT2D eigenvalue weighted by atomic mass is 19.4. The second kappa shape index (κ2) is 10.7. The van der Waals surface area contributed by atoms with Crippen LogP contribution in [0, 0.1) is 23.6 Å². The van der Waals surface area contributed by atoms with Gasteiger partial charge in [0.2, 0.25) is 0 Å². The lowest BCUT2D eigenvalue weighted by atomic mass is 9.87. The predicted molar refractivity (Wildman–Crippen MR) is 132 cm³/mol. The van der Waals surface area contributed by atoms with Crippen LogP contribution in [-0.4, -0.2) is 56.1 Å². The van der Waals surface area contributed by atoms with Gasteiger partial charge in [0, 0.05) is 49.3 Å². The van der Waals surface area contributed by atoms with Crippen LogP contribution in [0.1, 0.15) is 26.7 Å².